The van der Waals surface area contributed by atoms with Gasteiger partial charge in [0.25, 0.3) is 10.2 Å². The maximum Gasteiger partial charge on any atom is 0.299 e. The van der Waals surface area contributed by atoms with Gasteiger partial charge in [0.05, 0.1) is 17.9 Å². The second-order valence-electron chi connectivity index (χ2n) is 4.77. The van der Waals surface area contributed by atoms with E-state index in [1.54, 1.807) is 17.9 Å². The van der Waals surface area contributed by atoms with Crippen LogP contribution in [0.4, 0.5) is 5.69 Å². The number of hydrogen-bond acceptors (Lipinski definition) is 4. The quantitative estimate of drug-likeness (QED) is 0.848. The zero-order valence-electron chi connectivity index (χ0n) is 11.1. The summed E-state index contributed by atoms with van der Waals surface area (Å²) in [5, 5.41) is 9.35. The van der Waals surface area contributed by atoms with Gasteiger partial charge < -0.3 is 4.90 Å². The molecule has 0 spiro atoms. The molecule has 1 aromatic rings. The van der Waals surface area contributed by atoms with Gasteiger partial charge in [0.1, 0.15) is 0 Å². The molecule has 0 radical (unpaired) electrons. The van der Waals surface area contributed by atoms with Gasteiger partial charge >= 0.3 is 0 Å². The van der Waals surface area contributed by atoms with E-state index in [0.29, 0.717) is 12.2 Å². The van der Waals surface area contributed by atoms with Gasteiger partial charge in [-0.2, -0.15) is 13.5 Å². The summed E-state index contributed by atoms with van der Waals surface area (Å²) >= 11 is 0. The number of hydrogen-bond donors (Lipinski definition) is 1. The van der Waals surface area contributed by atoms with Crippen LogP contribution in [-0.4, -0.2) is 49.3 Å². The van der Waals surface area contributed by atoms with Crippen molar-refractivity contribution < 1.29 is 8.42 Å². The third-order valence-corrected chi connectivity index (χ3v) is 4.21. The zero-order valence-corrected chi connectivity index (χ0v) is 12.7. The first-order chi connectivity index (χ1) is 8.38. The highest BCUT2D eigenvalue weighted by Crippen LogP contribution is 2.23. The van der Waals surface area contributed by atoms with Gasteiger partial charge in [0, 0.05) is 19.8 Å². The lowest BCUT2D eigenvalue weighted by Gasteiger charge is -2.36. The molecular weight excluding hydrogens is 290 g/mol. The fourth-order valence-corrected chi connectivity index (χ4v) is 3.39. The minimum Gasteiger partial charge on any atom is -0.304 e. The van der Waals surface area contributed by atoms with Crippen LogP contribution in [0.5, 0.6) is 0 Å². The molecule has 7 nitrogen and oxygen atoms in total. The number of piperidine rings is 1. The molecule has 1 saturated heterocycles. The lowest BCUT2D eigenvalue weighted by Crippen LogP contribution is -2.51. The summed E-state index contributed by atoms with van der Waals surface area (Å²) in [4.78, 5) is 2.11. The minimum absolute atomic E-state index is 0. The summed E-state index contributed by atoms with van der Waals surface area (Å²) < 4.78 is 26.4. The fraction of sp³-hybridized carbons (Fsp3) is 0.700. The molecule has 110 valence electrons. The first-order valence-electron chi connectivity index (χ1n) is 5.87. The highest BCUT2D eigenvalue weighted by atomic mass is 35.5. The number of likely N-dealkylation sites (tertiary alicyclic amines) is 1. The number of nitrogens with zero attached hydrogens (tertiary/aromatic N) is 4. The van der Waals surface area contributed by atoms with Crippen LogP contribution in [0.1, 0.15) is 12.8 Å². The van der Waals surface area contributed by atoms with Crippen molar-refractivity contribution in [3.63, 3.8) is 0 Å². The van der Waals surface area contributed by atoms with Crippen molar-refractivity contribution in [3.8, 4) is 0 Å². The maximum absolute atomic E-state index is 11.8. The number of anilines is 1. The average Bonchev–Trinajstić information content (AvgIpc) is 2.62. The van der Waals surface area contributed by atoms with E-state index in [-0.39, 0.29) is 18.4 Å². The molecule has 1 atom stereocenters. The molecule has 1 aliphatic heterocycles. The third kappa shape index (κ3) is 3.82. The largest absolute Gasteiger partial charge is 0.304 e. The zero-order chi connectivity index (χ0) is 13.3. The smallest absolute Gasteiger partial charge is 0.299 e. The second-order valence-corrected chi connectivity index (χ2v) is 6.19. The molecule has 0 amide bonds. The van der Waals surface area contributed by atoms with E-state index in [0.717, 1.165) is 19.4 Å². The van der Waals surface area contributed by atoms with Crippen molar-refractivity contribution in [1.82, 2.24) is 14.7 Å². The van der Waals surface area contributed by atoms with Gasteiger partial charge in [-0.25, -0.2) is 5.14 Å². The van der Waals surface area contributed by atoms with Gasteiger partial charge in [0.15, 0.2) is 0 Å². The van der Waals surface area contributed by atoms with Crippen LogP contribution in [0.15, 0.2) is 12.4 Å². The van der Waals surface area contributed by atoms with Crippen LogP contribution in [0.25, 0.3) is 0 Å². The summed E-state index contributed by atoms with van der Waals surface area (Å²) in [6.07, 6.45) is 4.97. The molecule has 0 bridgehead atoms. The number of aromatic nitrogens is 2. The Kier molecular flexibility index (Phi) is 5.19. The molecule has 0 unspecified atom stereocenters. The second kappa shape index (κ2) is 6.08. The molecule has 2 heterocycles. The van der Waals surface area contributed by atoms with E-state index in [4.69, 9.17) is 5.14 Å². The van der Waals surface area contributed by atoms with Gasteiger partial charge in [-0.1, -0.05) is 0 Å². The minimum atomic E-state index is -3.77. The number of rotatable bonds is 3. The highest BCUT2D eigenvalue weighted by molar-refractivity contribution is 7.90. The monoisotopic (exact) mass is 309 g/mol. The Morgan fingerprint density at radius 3 is 2.63 bits per heavy atom. The molecule has 0 saturated carbocycles. The van der Waals surface area contributed by atoms with Crippen LogP contribution >= 0.6 is 12.4 Å². The Bertz CT molecular complexity index is 518. The van der Waals surface area contributed by atoms with Gasteiger partial charge in [0.2, 0.25) is 0 Å². The molecule has 2 N–H and O–H groups in total. The van der Waals surface area contributed by atoms with Gasteiger partial charge in [-0.15, -0.1) is 12.4 Å². The van der Waals surface area contributed by atoms with Crippen molar-refractivity contribution in [2.75, 3.05) is 24.4 Å². The van der Waals surface area contributed by atoms with Crippen LogP contribution in [0, 0.1) is 0 Å². The highest BCUT2D eigenvalue weighted by Gasteiger charge is 2.31. The van der Waals surface area contributed by atoms with E-state index < -0.39 is 10.2 Å². The fourth-order valence-electron chi connectivity index (χ4n) is 2.42. The summed E-state index contributed by atoms with van der Waals surface area (Å²) in [5.41, 5.74) is 0.528. The Labute approximate surface area is 119 Å². The summed E-state index contributed by atoms with van der Waals surface area (Å²) in [5.74, 6) is 0. The molecule has 0 aromatic carbocycles. The van der Waals surface area contributed by atoms with Crippen molar-refractivity contribution >= 4 is 28.3 Å². The third-order valence-electron chi connectivity index (χ3n) is 3.15. The van der Waals surface area contributed by atoms with Gasteiger partial charge in [-0.3, -0.25) is 8.99 Å². The first-order valence-corrected chi connectivity index (χ1v) is 7.37. The number of likely N-dealkylation sites (N-methyl/N-ethyl adjacent to an activating group) is 1. The number of halogens is 1. The average molecular weight is 310 g/mol. The van der Waals surface area contributed by atoms with E-state index >= 15 is 0 Å². The van der Waals surface area contributed by atoms with Crippen molar-refractivity contribution in [1.29, 1.82) is 0 Å². The summed E-state index contributed by atoms with van der Waals surface area (Å²) in [7, 11) is -0.0437. The van der Waals surface area contributed by atoms with Crippen molar-refractivity contribution in [3.05, 3.63) is 12.4 Å². The molecule has 19 heavy (non-hydrogen) atoms. The Balaban J connectivity index is 0.00000180. The lowest BCUT2D eigenvalue weighted by atomic mass is 10.1. The summed E-state index contributed by atoms with van der Waals surface area (Å²) in [6.45, 7) is 1.67. The first kappa shape index (κ1) is 16.2. The number of nitrogens with two attached hydrogens (primary N) is 1. The molecular formula is C10H20ClN5O2S. The molecule has 1 fully saturated rings. The van der Waals surface area contributed by atoms with E-state index in [1.807, 2.05) is 7.05 Å². The molecule has 2 rings (SSSR count). The molecule has 9 heteroatoms. The molecule has 1 aromatic heterocycles. The standard InChI is InChI=1S/C10H19N5O2S.ClH/c1-13-5-3-4-9(7-13)15(18(11,16)17)10-6-12-14(2)8-10;/h6,8-9H,3-5,7H2,1-2H3,(H2,11,16,17);1H/t9-;/m1./s1. The predicted octanol–water partition coefficient (Wildman–Crippen LogP) is -0.0540. The summed E-state index contributed by atoms with van der Waals surface area (Å²) in [6, 6.07) is -0.122. The van der Waals surface area contributed by atoms with Crippen molar-refractivity contribution in [2.45, 2.75) is 18.9 Å². The SMILES string of the molecule is CN1CCC[C@@H](N(c2cnn(C)c2)S(N)(=O)=O)C1.Cl. The lowest BCUT2D eigenvalue weighted by molar-refractivity contribution is 0.253. The van der Waals surface area contributed by atoms with E-state index in [1.165, 1.54) is 10.5 Å². The van der Waals surface area contributed by atoms with Gasteiger partial charge in [-0.05, 0) is 26.4 Å². The molecule has 1 aliphatic rings. The van der Waals surface area contributed by atoms with Crippen LogP contribution in [-0.2, 0) is 17.3 Å². The molecule has 0 aliphatic carbocycles. The Hall–Kier alpha value is -0.830. The van der Waals surface area contributed by atoms with E-state index in [2.05, 4.69) is 10.00 Å². The Morgan fingerprint density at radius 2 is 2.16 bits per heavy atom. The van der Waals surface area contributed by atoms with E-state index in [9.17, 15) is 8.42 Å². The maximum atomic E-state index is 11.8. The van der Waals surface area contributed by atoms with Crippen molar-refractivity contribution in [2.24, 2.45) is 12.2 Å². The van der Waals surface area contributed by atoms with Crippen LogP contribution in [0.3, 0.4) is 0 Å². The Morgan fingerprint density at radius 1 is 1.47 bits per heavy atom. The number of aryl methyl sites for hydroxylation is 1. The van der Waals surface area contributed by atoms with Crippen LogP contribution in [0.2, 0.25) is 0 Å². The normalized spacial score (nSPS) is 20.9. The topological polar surface area (TPSA) is 84.5 Å². The van der Waals surface area contributed by atoms with Crippen LogP contribution < -0.4 is 9.44 Å². The predicted molar refractivity (Wildman–Crippen MR) is 76.6 cm³/mol.